The molecule has 1 aliphatic heterocycles. The van der Waals surface area contributed by atoms with E-state index in [0.717, 1.165) is 46.0 Å². The van der Waals surface area contributed by atoms with Crippen LogP contribution in [0.1, 0.15) is 31.6 Å². The summed E-state index contributed by atoms with van der Waals surface area (Å²) in [6, 6.07) is 5.47. The Hall–Kier alpha value is -1.64. The Morgan fingerprint density at radius 3 is 2.57 bits per heavy atom. The second kappa shape index (κ2) is 8.48. The summed E-state index contributed by atoms with van der Waals surface area (Å²) in [5.74, 6) is 0.567. The molecule has 0 bridgehead atoms. The zero-order valence-corrected chi connectivity index (χ0v) is 19.5. The lowest BCUT2D eigenvalue weighted by Crippen LogP contribution is -2.43. The average Bonchev–Trinajstić information content (AvgIpc) is 3.30. The number of benzene rings is 1. The van der Waals surface area contributed by atoms with E-state index in [1.807, 2.05) is 12.1 Å². The molecule has 2 aromatic heterocycles. The fourth-order valence-corrected chi connectivity index (χ4v) is 5.24. The van der Waals surface area contributed by atoms with Gasteiger partial charge in [-0.15, -0.1) is 11.3 Å². The van der Waals surface area contributed by atoms with Gasteiger partial charge in [-0.25, -0.2) is 9.97 Å². The van der Waals surface area contributed by atoms with E-state index in [2.05, 4.69) is 24.1 Å². The Balaban J connectivity index is 1.78. The number of nitrogen functional groups attached to an aromatic ring is 1. The molecular formula is C21H26Cl2N6S. The third kappa shape index (κ3) is 4.36. The maximum Gasteiger partial charge on any atom is 0.225 e. The number of fused-ring (bicyclic) bond motifs is 1. The highest BCUT2D eigenvalue weighted by atomic mass is 35.5. The lowest BCUT2D eigenvalue weighted by Gasteiger charge is -2.31. The fourth-order valence-electron chi connectivity index (χ4n) is 3.97. The fraction of sp³-hybridized carbons (Fsp3) is 0.429. The van der Waals surface area contributed by atoms with Crippen molar-refractivity contribution in [3.05, 3.63) is 33.1 Å². The molecule has 1 fully saturated rings. The van der Waals surface area contributed by atoms with Crippen LogP contribution in [0.2, 0.25) is 10.0 Å². The largest absolute Gasteiger partial charge is 0.397 e. The number of nitrogens with two attached hydrogens (primary N) is 2. The number of thiophene rings is 1. The van der Waals surface area contributed by atoms with Gasteiger partial charge in [0.05, 0.1) is 26.8 Å². The molecule has 0 aliphatic carbocycles. The Morgan fingerprint density at radius 1 is 1.17 bits per heavy atom. The first-order valence-corrected chi connectivity index (χ1v) is 11.6. The molecule has 0 spiro atoms. The molecule has 5 N–H and O–H groups in total. The Kier molecular flexibility index (Phi) is 6.10. The van der Waals surface area contributed by atoms with E-state index in [4.69, 9.17) is 44.6 Å². The van der Waals surface area contributed by atoms with Crippen molar-refractivity contribution in [1.29, 1.82) is 0 Å². The van der Waals surface area contributed by atoms with Crippen LogP contribution in [-0.4, -0.2) is 40.0 Å². The highest BCUT2D eigenvalue weighted by molar-refractivity contribution is 7.19. The van der Waals surface area contributed by atoms with Crippen LogP contribution in [0.15, 0.2) is 18.2 Å². The Labute approximate surface area is 190 Å². The van der Waals surface area contributed by atoms with Crippen molar-refractivity contribution in [2.75, 3.05) is 30.7 Å². The van der Waals surface area contributed by atoms with Crippen LogP contribution in [0.3, 0.4) is 0 Å². The summed E-state index contributed by atoms with van der Waals surface area (Å²) in [4.78, 5) is 13.8. The summed E-state index contributed by atoms with van der Waals surface area (Å²) >= 11 is 13.9. The number of hydrogen-bond donors (Lipinski definition) is 3. The van der Waals surface area contributed by atoms with Crippen LogP contribution in [0.25, 0.3) is 21.5 Å². The molecule has 0 saturated carbocycles. The van der Waals surface area contributed by atoms with E-state index in [-0.39, 0.29) is 5.54 Å². The minimum Gasteiger partial charge on any atom is -0.397 e. The third-order valence-electron chi connectivity index (χ3n) is 5.31. The molecule has 4 rings (SSSR count). The highest BCUT2D eigenvalue weighted by Gasteiger charge is 2.26. The van der Waals surface area contributed by atoms with Gasteiger partial charge in [-0.1, -0.05) is 29.3 Å². The molecule has 9 heteroatoms. The number of nitrogens with one attached hydrogen (secondary N) is 1. The van der Waals surface area contributed by atoms with Gasteiger partial charge in [-0.3, -0.25) is 0 Å². The van der Waals surface area contributed by atoms with Crippen molar-refractivity contribution in [1.82, 2.24) is 14.9 Å². The molecular weight excluding hydrogens is 439 g/mol. The van der Waals surface area contributed by atoms with Gasteiger partial charge in [0.2, 0.25) is 5.95 Å². The number of anilines is 2. The van der Waals surface area contributed by atoms with Crippen molar-refractivity contribution in [2.45, 2.75) is 38.8 Å². The topological polar surface area (TPSA) is 93.1 Å². The second-order valence-corrected chi connectivity index (χ2v) is 10.2. The summed E-state index contributed by atoms with van der Waals surface area (Å²) in [5.41, 5.74) is 14.3. The van der Waals surface area contributed by atoms with Crippen molar-refractivity contribution < 1.29 is 0 Å². The van der Waals surface area contributed by atoms with Crippen LogP contribution in [0.4, 0.5) is 11.6 Å². The summed E-state index contributed by atoms with van der Waals surface area (Å²) in [7, 11) is 0. The minimum absolute atomic E-state index is 0.188. The summed E-state index contributed by atoms with van der Waals surface area (Å²) in [6.07, 6.45) is 2.52. The Bertz CT molecular complexity index is 1080. The van der Waals surface area contributed by atoms with Crippen LogP contribution in [0.5, 0.6) is 0 Å². The lowest BCUT2D eigenvalue weighted by atomic mass is 10.1. The molecule has 3 heterocycles. The van der Waals surface area contributed by atoms with Crippen LogP contribution in [-0.2, 0) is 6.54 Å². The molecule has 3 aromatic rings. The Morgan fingerprint density at radius 2 is 1.90 bits per heavy atom. The summed E-state index contributed by atoms with van der Waals surface area (Å²) in [6.45, 7) is 7.91. The van der Waals surface area contributed by atoms with Gasteiger partial charge in [-0.2, -0.15) is 0 Å². The normalized spacial score (nSPS) is 15.2. The van der Waals surface area contributed by atoms with Crippen molar-refractivity contribution >= 4 is 56.4 Å². The molecule has 160 valence electrons. The van der Waals surface area contributed by atoms with E-state index in [0.29, 0.717) is 28.2 Å². The van der Waals surface area contributed by atoms with Crippen molar-refractivity contribution in [2.24, 2.45) is 5.73 Å². The number of hydrogen-bond acceptors (Lipinski definition) is 7. The molecule has 1 aliphatic rings. The molecule has 0 unspecified atom stereocenters. The first-order chi connectivity index (χ1) is 14.3. The highest BCUT2D eigenvalue weighted by Crippen LogP contribution is 2.40. The number of halogens is 2. The van der Waals surface area contributed by atoms with E-state index in [9.17, 15) is 0 Å². The number of aromatic nitrogens is 2. The van der Waals surface area contributed by atoms with Crippen molar-refractivity contribution in [3.8, 4) is 11.3 Å². The van der Waals surface area contributed by atoms with Gasteiger partial charge in [-0.05, 0) is 51.9 Å². The van der Waals surface area contributed by atoms with Gasteiger partial charge in [0.1, 0.15) is 4.83 Å². The van der Waals surface area contributed by atoms with E-state index < -0.39 is 0 Å². The molecule has 0 atom stereocenters. The zero-order chi connectivity index (χ0) is 21.5. The molecule has 1 saturated heterocycles. The summed E-state index contributed by atoms with van der Waals surface area (Å²) < 4.78 is 0. The molecule has 6 nitrogen and oxygen atoms in total. The third-order valence-corrected chi connectivity index (χ3v) is 7.17. The second-order valence-electron chi connectivity index (χ2n) is 8.34. The van der Waals surface area contributed by atoms with E-state index in [1.165, 1.54) is 24.2 Å². The maximum absolute atomic E-state index is 6.41. The smallest absolute Gasteiger partial charge is 0.225 e. The molecule has 0 amide bonds. The average molecular weight is 465 g/mol. The summed E-state index contributed by atoms with van der Waals surface area (Å²) in [5, 5.41) is 5.31. The molecule has 30 heavy (non-hydrogen) atoms. The maximum atomic E-state index is 6.41. The monoisotopic (exact) mass is 464 g/mol. The van der Waals surface area contributed by atoms with Crippen LogP contribution in [0, 0.1) is 0 Å². The van der Waals surface area contributed by atoms with Crippen molar-refractivity contribution in [3.63, 3.8) is 0 Å². The van der Waals surface area contributed by atoms with E-state index in [1.54, 1.807) is 6.07 Å². The van der Waals surface area contributed by atoms with Gasteiger partial charge in [0.25, 0.3) is 0 Å². The molecule has 0 radical (unpaired) electrons. The van der Waals surface area contributed by atoms with Gasteiger partial charge >= 0.3 is 0 Å². The zero-order valence-electron chi connectivity index (χ0n) is 17.1. The first kappa shape index (κ1) is 21.6. The van der Waals surface area contributed by atoms with Crippen LogP contribution < -0.4 is 16.8 Å². The number of rotatable bonds is 6. The predicted octanol–water partition coefficient (Wildman–Crippen LogP) is 4.99. The van der Waals surface area contributed by atoms with E-state index >= 15 is 0 Å². The van der Waals surface area contributed by atoms with Gasteiger partial charge in [0.15, 0.2) is 0 Å². The minimum atomic E-state index is -0.188. The first-order valence-electron chi connectivity index (χ1n) is 10.0. The SMILES string of the molecule is CC(C)(CN1CCCC1)Nc1nc(-c2ccc(Cl)c(Cl)c2)c2c(N)c(CN)sc2n1. The quantitative estimate of drug-likeness (QED) is 0.475. The standard InChI is InChI=1S/C21H26Cl2N6S/c1-21(2,11-29-7-3-4-8-29)28-20-26-18(12-5-6-13(22)14(23)9-12)16-17(25)15(10-24)30-19(16)27-20/h5-6,9H,3-4,7-8,10-11,24-25H2,1-2H3,(H,26,27,28). The van der Waals surface area contributed by atoms with Gasteiger partial charge in [0, 0.05) is 29.1 Å². The van der Waals surface area contributed by atoms with Crippen LogP contribution >= 0.6 is 34.5 Å². The lowest BCUT2D eigenvalue weighted by molar-refractivity contribution is 0.283. The predicted molar refractivity (Wildman–Crippen MR) is 129 cm³/mol. The van der Waals surface area contributed by atoms with Gasteiger partial charge < -0.3 is 21.7 Å². The molecule has 1 aromatic carbocycles. The number of likely N-dealkylation sites (tertiary alicyclic amines) is 1. The number of nitrogens with zero attached hydrogens (tertiary/aromatic N) is 3.